The average molecular weight is 397 g/mol. The van der Waals surface area contributed by atoms with Gasteiger partial charge in [0, 0.05) is 10.6 Å². The first kappa shape index (κ1) is 18.6. The maximum atomic E-state index is 13.1. The molecule has 10 heteroatoms. The second kappa shape index (κ2) is 6.84. The van der Waals surface area contributed by atoms with Crippen LogP contribution in [0.15, 0.2) is 53.2 Å². The first-order valence-electron chi connectivity index (χ1n) is 7.30. The molecule has 0 spiro atoms. The van der Waals surface area contributed by atoms with Crippen molar-refractivity contribution in [2.24, 2.45) is 0 Å². The number of nitrogens with zero attached hydrogens (tertiary/aromatic N) is 2. The van der Waals surface area contributed by atoms with E-state index < -0.39 is 33.7 Å². The Morgan fingerprint density at radius 3 is 2.37 bits per heavy atom. The number of hydrogen-bond donors (Lipinski definition) is 0. The van der Waals surface area contributed by atoms with Gasteiger partial charge in [-0.25, -0.2) is 0 Å². The number of para-hydroxylation sites is 1. The third-order valence-electron chi connectivity index (χ3n) is 3.69. The summed E-state index contributed by atoms with van der Waals surface area (Å²) in [5.74, 6) is -1.05. The molecular weight excluding hydrogens is 389 g/mol. The van der Waals surface area contributed by atoms with Crippen molar-refractivity contribution in [2.45, 2.75) is 6.18 Å². The molecular formula is C17H8ClF3N2O4. The number of benzene rings is 2. The number of carbonyl (C=O) groups excluding carboxylic acids is 1. The zero-order chi connectivity index (χ0) is 19.8. The highest BCUT2D eigenvalue weighted by Gasteiger charge is 2.41. The zero-order valence-corrected chi connectivity index (χ0v) is 13.9. The molecule has 0 N–H and O–H groups in total. The van der Waals surface area contributed by atoms with Gasteiger partial charge in [-0.05, 0) is 36.4 Å². The summed E-state index contributed by atoms with van der Waals surface area (Å²) in [6.45, 7) is 0. The van der Waals surface area contributed by atoms with Gasteiger partial charge in [-0.1, -0.05) is 22.8 Å². The smallest absolute Gasteiger partial charge is 0.356 e. The lowest BCUT2D eigenvalue weighted by atomic mass is 9.97. The fourth-order valence-electron chi connectivity index (χ4n) is 2.51. The number of rotatable bonds is 4. The Kier molecular flexibility index (Phi) is 4.71. The fraction of sp³-hybridized carbons (Fsp3) is 0.0588. The summed E-state index contributed by atoms with van der Waals surface area (Å²) in [6.07, 6.45) is -4.00. The lowest BCUT2D eigenvalue weighted by molar-refractivity contribution is -0.388. The highest BCUT2D eigenvalue weighted by atomic mass is 35.5. The summed E-state index contributed by atoms with van der Waals surface area (Å²) in [5.41, 5.74) is -3.37. The van der Waals surface area contributed by atoms with E-state index in [-0.39, 0.29) is 11.3 Å². The Hall–Kier alpha value is -3.20. The van der Waals surface area contributed by atoms with Crippen LogP contribution in [-0.4, -0.2) is 15.9 Å². The Labute approximate surface area is 154 Å². The van der Waals surface area contributed by atoms with E-state index in [1.807, 2.05) is 0 Å². The molecule has 1 aromatic heterocycles. The molecule has 2 aromatic carbocycles. The van der Waals surface area contributed by atoms with Gasteiger partial charge in [0.05, 0.1) is 16.7 Å². The van der Waals surface area contributed by atoms with E-state index in [0.717, 1.165) is 18.3 Å². The number of nitro benzene ring substituents is 1. The van der Waals surface area contributed by atoms with Crippen molar-refractivity contribution in [3.63, 3.8) is 0 Å². The first-order chi connectivity index (χ1) is 12.7. The highest BCUT2D eigenvalue weighted by molar-refractivity contribution is 6.30. The van der Waals surface area contributed by atoms with Gasteiger partial charge in [0.15, 0.2) is 5.76 Å². The average Bonchev–Trinajstić information content (AvgIpc) is 3.10. The van der Waals surface area contributed by atoms with Crippen LogP contribution in [0.3, 0.4) is 0 Å². The lowest BCUT2D eigenvalue weighted by Crippen LogP contribution is -2.13. The molecule has 0 fully saturated rings. The van der Waals surface area contributed by atoms with Gasteiger partial charge < -0.3 is 4.52 Å². The minimum Gasteiger partial charge on any atom is -0.356 e. The molecule has 0 radical (unpaired) electrons. The number of nitro groups is 1. The molecule has 0 saturated heterocycles. The zero-order valence-electron chi connectivity index (χ0n) is 13.2. The molecule has 0 atom stereocenters. The molecule has 0 aliphatic rings. The van der Waals surface area contributed by atoms with Crippen molar-refractivity contribution in [3.8, 4) is 11.3 Å². The van der Waals surface area contributed by atoms with Crippen LogP contribution >= 0.6 is 11.6 Å². The lowest BCUT2D eigenvalue weighted by Gasteiger charge is -2.10. The maximum absolute atomic E-state index is 13.1. The number of hydrogen-bond acceptors (Lipinski definition) is 5. The number of aromatic nitrogens is 1. The van der Waals surface area contributed by atoms with Crippen molar-refractivity contribution >= 4 is 23.1 Å². The topological polar surface area (TPSA) is 86.2 Å². The molecule has 0 bridgehead atoms. The summed E-state index contributed by atoms with van der Waals surface area (Å²) < 4.78 is 44.4. The number of halogens is 4. The molecule has 138 valence electrons. The van der Waals surface area contributed by atoms with Crippen LogP contribution in [-0.2, 0) is 6.18 Å². The molecule has 0 aliphatic carbocycles. The first-order valence-corrected chi connectivity index (χ1v) is 7.68. The Balaban J connectivity index is 2.15. The SMILES string of the molecule is O=C(c1cnoc1-c1ccc(Cl)cc1)c1cccc(C(F)(F)F)c1[N+](=O)[O-]. The molecule has 0 saturated carbocycles. The van der Waals surface area contributed by atoms with Crippen molar-refractivity contribution in [3.05, 3.63) is 80.5 Å². The molecule has 1 heterocycles. The summed E-state index contributed by atoms with van der Waals surface area (Å²) in [7, 11) is 0. The normalized spacial score (nSPS) is 11.4. The van der Waals surface area contributed by atoms with Crippen LogP contribution in [0.1, 0.15) is 21.5 Å². The Morgan fingerprint density at radius 1 is 1.11 bits per heavy atom. The van der Waals surface area contributed by atoms with E-state index in [4.69, 9.17) is 16.1 Å². The molecule has 0 aliphatic heterocycles. The van der Waals surface area contributed by atoms with Gasteiger partial charge in [0.2, 0.25) is 5.78 Å². The third kappa shape index (κ3) is 3.54. The van der Waals surface area contributed by atoms with Gasteiger partial charge >= 0.3 is 6.18 Å². The maximum Gasteiger partial charge on any atom is 0.423 e. The Bertz CT molecular complexity index is 1030. The van der Waals surface area contributed by atoms with Crippen LogP contribution in [0.25, 0.3) is 11.3 Å². The third-order valence-corrected chi connectivity index (χ3v) is 3.94. The number of carbonyl (C=O) groups is 1. The van der Waals surface area contributed by atoms with Gasteiger partial charge in [0.1, 0.15) is 11.1 Å². The summed E-state index contributed by atoms with van der Waals surface area (Å²) >= 11 is 5.79. The van der Waals surface area contributed by atoms with Gasteiger partial charge in [0.25, 0.3) is 5.69 Å². The standard InChI is InChI=1S/C17H8ClF3N2O4/c18-10-6-4-9(5-7-10)16-12(8-22-27-16)15(24)11-2-1-3-13(17(19,20)21)14(11)23(25)26/h1-8H. The van der Waals surface area contributed by atoms with Crippen LogP contribution < -0.4 is 0 Å². The van der Waals surface area contributed by atoms with E-state index in [1.165, 1.54) is 24.3 Å². The predicted octanol–water partition coefficient (Wildman–Crippen LogP) is 5.15. The van der Waals surface area contributed by atoms with Crippen LogP contribution in [0, 0.1) is 10.1 Å². The van der Waals surface area contributed by atoms with Gasteiger partial charge in [-0.3, -0.25) is 14.9 Å². The Morgan fingerprint density at radius 2 is 1.78 bits per heavy atom. The summed E-state index contributed by atoms with van der Waals surface area (Å²) in [4.78, 5) is 22.8. The highest BCUT2D eigenvalue weighted by Crippen LogP contribution is 2.39. The minimum atomic E-state index is -4.99. The van der Waals surface area contributed by atoms with Crippen LogP contribution in [0.2, 0.25) is 5.02 Å². The van der Waals surface area contributed by atoms with Gasteiger partial charge in [-0.15, -0.1) is 0 Å². The second-order valence-electron chi connectivity index (χ2n) is 5.36. The molecule has 6 nitrogen and oxygen atoms in total. The summed E-state index contributed by atoms with van der Waals surface area (Å²) in [6, 6.07) is 8.48. The van der Waals surface area contributed by atoms with Crippen molar-refractivity contribution in [1.29, 1.82) is 0 Å². The van der Waals surface area contributed by atoms with Gasteiger partial charge in [-0.2, -0.15) is 13.2 Å². The molecule has 27 heavy (non-hydrogen) atoms. The number of alkyl halides is 3. The van der Waals surface area contributed by atoms with Crippen molar-refractivity contribution in [2.75, 3.05) is 0 Å². The van der Waals surface area contributed by atoms with Crippen molar-refractivity contribution < 1.29 is 27.4 Å². The van der Waals surface area contributed by atoms with E-state index in [2.05, 4.69) is 5.16 Å². The van der Waals surface area contributed by atoms with E-state index in [9.17, 15) is 28.1 Å². The molecule has 0 unspecified atom stereocenters. The van der Waals surface area contributed by atoms with Crippen molar-refractivity contribution in [1.82, 2.24) is 5.16 Å². The van der Waals surface area contributed by atoms with Crippen LogP contribution in [0.5, 0.6) is 0 Å². The predicted molar refractivity (Wildman–Crippen MR) is 88.5 cm³/mol. The van der Waals surface area contributed by atoms with E-state index >= 15 is 0 Å². The summed E-state index contributed by atoms with van der Waals surface area (Å²) in [5, 5.41) is 15.2. The monoisotopic (exact) mass is 396 g/mol. The molecule has 3 rings (SSSR count). The number of ketones is 1. The molecule has 3 aromatic rings. The largest absolute Gasteiger partial charge is 0.423 e. The molecule has 0 amide bonds. The van der Waals surface area contributed by atoms with E-state index in [0.29, 0.717) is 16.7 Å². The van der Waals surface area contributed by atoms with E-state index in [1.54, 1.807) is 0 Å². The van der Waals surface area contributed by atoms with Crippen LogP contribution in [0.4, 0.5) is 18.9 Å². The quantitative estimate of drug-likeness (QED) is 0.345. The fourth-order valence-corrected chi connectivity index (χ4v) is 2.63. The minimum absolute atomic E-state index is 0.0385. The second-order valence-corrected chi connectivity index (χ2v) is 5.80.